The SMILES string of the molecule is CCCCc1nc(Cl)c(C(=O)NC(Cc2ccccc2)C(=O)OCCCCC(CO[N+](=O)[O-])O[N+](=O)[O-])n1Cc1ccc(-c2ccccc2-c2nn[nH]n2)cc1. The maximum absolute atomic E-state index is 14.1. The van der Waals surface area contributed by atoms with Crippen LogP contribution in [-0.2, 0) is 38.6 Å². The number of ether oxygens (including phenoxy) is 1. The summed E-state index contributed by atoms with van der Waals surface area (Å²) in [5.41, 5.74) is 4.41. The van der Waals surface area contributed by atoms with E-state index in [1.54, 1.807) is 4.57 Å². The Morgan fingerprint density at radius 2 is 1.66 bits per heavy atom. The molecule has 0 spiro atoms. The lowest BCUT2D eigenvalue weighted by molar-refractivity contribution is -0.790. The highest BCUT2D eigenvalue weighted by Gasteiger charge is 2.28. The third-order valence-corrected chi connectivity index (χ3v) is 8.99. The highest BCUT2D eigenvalue weighted by Crippen LogP contribution is 2.30. The van der Waals surface area contributed by atoms with E-state index in [9.17, 15) is 29.8 Å². The van der Waals surface area contributed by atoms with Crippen molar-refractivity contribution in [1.29, 1.82) is 0 Å². The fourth-order valence-electron chi connectivity index (χ4n) is 6.01. The van der Waals surface area contributed by atoms with Crippen LogP contribution in [0.5, 0.6) is 0 Å². The molecule has 1 amide bonds. The van der Waals surface area contributed by atoms with Crippen molar-refractivity contribution in [2.45, 2.75) is 70.6 Å². The van der Waals surface area contributed by atoms with E-state index in [4.69, 9.17) is 16.3 Å². The molecule has 0 saturated carbocycles. The first-order chi connectivity index (χ1) is 27.1. The highest BCUT2D eigenvalue weighted by molar-refractivity contribution is 6.32. The first-order valence-electron chi connectivity index (χ1n) is 17.9. The number of rotatable bonds is 22. The van der Waals surface area contributed by atoms with Gasteiger partial charge < -0.3 is 24.3 Å². The third-order valence-electron chi connectivity index (χ3n) is 8.73. The van der Waals surface area contributed by atoms with E-state index >= 15 is 0 Å². The molecule has 0 fully saturated rings. The van der Waals surface area contributed by atoms with E-state index in [-0.39, 0.29) is 49.7 Å². The van der Waals surface area contributed by atoms with Gasteiger partial charge in [-0.3, -0.25) is 4.79 Å². The van der Waals surface area contributed by atoms with Gasteiger partial charge in [0.15, 0.2) is 5.15 Å². The summed E-state index contributed by atoms with van der Waals surface area (Å²) >= 11 is 6.67. The monoisotopic (exact) mass is 789 g/mol. The summed E-state index contributed by atoms with van der Waals surface area (Å²) in [6.07, 6.45) is 1.77. The number of amides is 1. The fraction of sp³-hybridized carbons (Fsp3) is 0.351. The van der Waals surface area contributed by atoms with Gasteiger partial charge in [0.05, 0.1) is 6.61 Å². The standard InChI is InChI=1S/C37H40ClN9O9/c1-2-3-16-32-40-34(38)33(45(32)23-26-17-19-27(20-18-26)29-14-7-8-15-30(29)35-41-43-44-42-35)36(48)39-31(22-25-11-5-4-6-12-25)37(49)54-21-10-9-13-28(56-47(52)53)24-55-46(50)51/h4-8,11-12,14-15,17-20,28,31H,2-3,9-10,13,16,21-24H2,1H3,(H,39,48)(H,41,42,43,44). The lowest BCUT2D eigenvalue weighted by atomic mass is 9.98. The Hall–Kier alpha value is -6.43. The number of unbranched alkanes of at least 4 members (excludes halogenated alkanes) is 2. The van der Waals surface area contributed by atoms with Gasteiger partial charge >= 0.3 is 5.97 Å². The summed E-state index contributed by atoms with van der Waals surface area (Å²) < 4.78 is 7.30. The van der Waals surface area contributed by atoms with Crippen molar-refractivity contribution < 1.29 is 34.2 Å². The van der Waals surface area contributed by atoms with Gasteiger partial charge in [-0.2, -0.15) is 5.21 Å². The number of halogens is 1. The molecular formula is C37H40ClN9O9. The number of hydrogen-bond acceptors (Lipinski definition) is 13. The lowest BCUT2D eigenvalue weighted by Crippen LogP contribution is -2.44. The highest BCUT2D eigenvalue weighted by atomic mass is 35.5. The quantitative estimate of drug-likeness (QED) is 0.0376. The Balaban J connectivity index is 1.31. The van der Waals surface area contributed by atoms with Crippen LogP contribution < -0.4 is 5.32 Å². The molecule has 2 heterocycles. The van der Waals surface area contributed by atoms with Gasteiger partial charge in [-0.1, -0.05) is 104 Å². The number of esters is 1. The summed E-state index contributed by atoms with van der Waals surface area (Å²) in [6, 6.07) is 23.6. The van der Waals surface area contributed by atoms with Gasteiger partial charge in [-0.15, -0.1) is 30.4 Å². The van der Waals surface area contributed by atoms with Crippen molar-refractivity contribution in [3.63, 3.8) is 0 Å². The molecule has 2 aromatic heterocycles. The van der Waals surface area contributed by atoms with Crippen LogP contribution in [0.25, 0.3) is 22.5 Å². The molecule has 19 heteroatoms. The summed E-state index contributed by atoms with van der Waals surface area (Å²) in [5.74, 6) is -0.222. The molecule has 0 aliphatic heterocycles. The third kappa shape index (κ3) is 11.5. The number of benzene rings is 3. The molecule has 0 radical (unpaired) electrons. The molecule has 2 atom stereocenters. The van der Waals surface area contributed by atoms with Crippen LogP contribution in [0.4, 0.5) is 0 Å². The Morgan fingerprint density at radius 1 is 0.929 bits per heavy atom. The molecule has 0 aliphatic carbocycles. The number of H-pyrrole nitrogens is 1. The van der Waals surface area contributed by atoms with Crippen LogP contribution in [0.2, 0.25) is 5.15 Å². The molecule has 5 rings (SSSR count). The number of tetrazole rings is 1. The summed E-state index contributed by atoms with van der Waals surface area (Å²) in [6.45, 7) is 1.62. The van der Waals surface area contributed by atoms with Gasteiger partial charge in [0, 0.05) is 24.9 Å². The number of imidazole rings is 1. The van der Waals surface area contributed by atoms with Crippen LogP contribution in [-0.4, -0.2) is 77.6 Å². The first kappa shape index (κ1) is 40.7. The van der Waals surface area contributed by atoms with E-state index in [0.29, 0.717) is 18.1 Å². The molecule has 2 unspecified atom stereocenters. The number of aryl methyl sites for hydroxylation is 1. The second-order valence-electron chi connectivity index (χ2n) is 12.7. The molecule has 0 bridgehead atoms. The van der Waals surface area contributed by atoms with Crippen LogP contribution >= 0.6 is 11.6 Å². The molecule has 56 heavy (non-hydrogen) atoms. The maximum Gasteiger partial charge on any atom is 0.328 e. The Kier molecular flexibility index (Phi) is 14.8. The predicted octanol–water partition coefficient (Wildman–Crippen LogP) is 5.61. The Labute approximate surface area is 325 Å². The first-order valence-corrected chi connectivity index (χ1v) is 18.3. The smallest absolute Gasteiger partial charge is 0.328 e. The van der Waals surface area contributed by atoms with Crippen molar-refractivity contribution in [2.24, 2.45) is 0 Å². The lowest BCUT2D eigenvalue weighted by Gasteiger charge is -2.19. The minimum absolute atomic E-state index is 0.00125. The zero-order valence-corrected chi connectivity index (χ0v) is 31.2. The van der Waals surface area contributed by atoms with Gasteiger partial charge in [-0.05, 0) is 53.2 Å². The molecule has 2 N–H and O–H groups in total. The number of carbonyl (C=O) groups is 2. The molecular weight excluding hydrogens is 750 g/mol. The van der Waals surface area contributed by atoms with Crippen molar-refractivity contribution in [2.75, 3.05) is 13.2 Å². The molecule has 18 nitrogen and oxygen atoms in total. The van der Waals surface area contributed by atoms with Gasteiger partial charge in [0.2, 0.25) is 5.82 Å². The average Bonchev–Trinajstić information content (AvgIpc) is 3.84. The molecule has 0 saturated heterocycles. The number of hydrogen-bond donors (Lipinski definition) is 2. The van der Waals surface area contributed by atoms with Crippen molar-refractivity contribution in [1.82, 2.24) is 35.5 Å². The van der Waals surface area contributed by atoms with Crippen LogP contribution in [0, 0.1) is 20.2 Å². The van der Waals surface area contributed by atoms with Gasteiger partial charge in [0.1, 0.15) is 30.3 Å². The summed E-state index contributed by atoms with van der Waals surface area (Å²) in [5, 5.41) is 36.4. The van der Waals surface area contributed by atoms with Gasteiger partial charge in [-0.25, -0.2) is 9.78 Å². The minimum Gasteiger partial charge on any atom is -0.464 e. The zero-order chi connectivity index (χ0) is 39.9. The van der Waals surface area contributed by atoms with Gasteiger partial charge in [0.25, 0.3) is 16.1 Å². The second kappa shape index (κ2) is 20.3. The van der Waals surface area contributed by atoms with E-state index in [1.165, 1.54) is 0 Å². The Bertz CT molecular complexity index is 2060. The van der Waals surface area contributed by atoms with Crippen LogP contribution in [0.3, 0.4) is 0 Å². The largest absolute Gasteiger partial charge is 0.464 e. The van der Waals surface area contributed by atoms with E-state index < -0.39 is 40.8 Å². The molecule has 3 aromatic carbocycles. The molecule has 294 valence electrons. The number of carbonyl (C=O) groups excluding carboxylic acids is 2. The number of nitrogens with one attached hydrogen (secondary N) is 2. The molecule has 0 aliphatic rings. The molecule has 5 aromatic rings. The van der Waals surface area contributed by atoms with E-state index in [1.807, 2.05) is 78.9 Å². The average molecular weight is 790 g/mol. The summed E-state index contributed by atoms with van der Waals surface area (Å²) in [7, 11) is 0. The second-order valence-corrected chi connectivity index (χ2v) is 13.0. The summed E-state index contributed by atoms with van der Waals surface area (Å²) in [4.78, 5) is 62.1. The zero-order valence-electron chi connectivity index (χ0n) is 30.4. The van der Waals surface area contributed by atoms with Crippen molar-refractivity contribution >= 4 is 23.5 Å². The number of aromatic amines is 1. The maximum atomic E-state index is 14.1. The van der Waals surface area contributed by atoms with Crippen molar-refractivity contribution in [3.8, 4) is 22.5 Å². The minimum atomic E-state index is -1.18. The topological polar surface area (TPSA) is 232 Å². The van der Waals surface area contributed by atoms with E-state index in [0.717, 1.165) is 40.7 Å². The van der Waals surface area contributed by atoms with Crippen LogP contribution in [0.15, 0.2) is 78.9 Å². The Morgan fingerprint density at radius 3 is 2.34 bits per heavy atom. The normalized spacial score (nSPS) is 12.0. The fourth-order valence-corrected chi connectivity index (χ4v) is 6.29. The number of nitrogens with zero attached hydrogens (tertiary/aromatic N) is 7. The van der Waals surface area contributed by atoms with Crippen molar-refractivity contribution in [3.05, 3.63) is 127 Å². The van der Waals surface area contributed by atoms with E-state index in [2.05, 4.69) is 47.5 Å². The number of aromatic nitrogens is 6. The van der Waals surface area contributed by atoms with Crippen LogP contribution in [0.1, 0.15) is 66.5 Å². The predicted molar refractivity (Wildman–Crippen MR) is 201 cm³/mol.